The Balaban J connectivity index is 1.57. The summed E-state index contributed by atoms with van der Waals surface area (Å²) in [6.07, 6.45) is -1.63. The first-order valence-corrected chi connectivity index (χ1v) is 10.9. The van der Waals surface area contributed by atoms with E-state index in [1.165, 1.54) is 11.0 Å². The fourth-order valence-corrected chi connectivity index (χ4v) is 4.58. The van der Waals surface area contributed by atoms with Gasteiger partial charge in [0.25, 0.3) is 6.01 Å². The zero-order chi connectivity index (χ0) is 24.4. The third-order valence-corrected chi connectivity index (χ3v) is 6.41. The number of ether oxygens (including phenoxy) is 1. The molecule has 2 atom stereocenters. The number of fused-ring (bicyclic) bond motifs is 3. The smallest absolute Gasteiger partial charge is 0.426 e. The van der Waals surface area contributed by atoms with Gasteiger partial charge in [-0.05, 0) is 44.9 Å². The average Bonchev–Trinajstić information content (AvgIpc) is 3.43. The Morgan fingerprint density at radius 1 is 1.21 bits per heavy atom. The van der Waals surface area contributed by atoms with E-state index >= 15 is 0 Å². The van der Waals surface area contributed by atoms with Crippen molar-refractivity contribution in [3.63, 3.8) is 0 Å². The van der Waals surface area contributed by atoms with Crippen LogP contribution in [0.15, 0.2) is 28.8 Å². The number of hydrogen-bond acceptors (Lipinski definition) is 7. The molecule has 2 bridgehead atoms. The molecular formula is C22H25F2N5O5. The quantitative estimate of drug-likeness (QED) is 0.575. The highest BCUT2D eigenvalue weighted by Crippen LogP contribution is 2.41. The number of hydrogen-bond donors (Lipinski definition) is 2. The van der Waals surface area contributed by atoms with Gasteiger partial charge < -0.3 is 24.3 Å². The van der Waals surface area contributed by atoms with Gasteiger partial charge in [-0.1, -0.05) is 0 Å². The van der Waals surface area contributed by atoms with Crippen LogP contribution in [-0.4, -0.2) is 72.9 Å². The van der Waals surface area contributed by atoms with Gasteiger partial charge in [0, 0.05) is 31.9 Å². The Bertz CT molecular complexity index is 1240. The fourth-order valence-electron chi connectivity index (χ4n) is 4.58. The van der Waals surface area contributed by atoms with Crippen molar-refractivity contribution in [2.45, 2.75) is 50.5 Å². The van der Waals surface area contributed by atoms with Crippen LogP contribution in [0.4, 0.5) is 19.6 Å². The summed E-state index contributed by atoms with van der Waals surface area (Å²) in [5.74, 6) is -0.246. The molecule has 2 fully saturated rings. The van der Waals surface area contributed by atoms with Crippen LogP contribution in [0.25, 0.3) is 22.4 Å². The van der Waals surface area contributed by atoms with Crippen molar-refractivity contribution >= 4 is 23.2 Å². The van der Waals surface area contributed by atoms with E-state index in [-0.39, 0.29) is 34.9 Å². The number of amides is 1. The number of nitrogens with zero attached hydrogens (tertiary/aromatic N) is 5. The lowest BCUT2D eigenvalue weighted by atomic mass is 10.1. The molecule has 12 heteroatoms. The van der Waals surface area contributed by atoms with Crippen molar-refractivity contribution in [2.24, 2.45) is 7.05 Å². The Hall–Kier alpha value is -3.41. The first-order chi connectivity index (χ1) is 15.9. The van der Waals surface area contributed by atoms with Crippen molar-refractivity contribution in [1.29, 1.82) is 0 Å². The number of oxazole rings is 1. The summed E-state index contributed by atoms with van der Waals surface area (Å²) < 4.78 is 41.7. The lowest BCUT2D eigenvalue weighted by Gasteiger charge is -2.38. The van der Waals surface area contributed by atoms with E-state index in [0.29, 0.717) is 24.3 Å². The molecule has 0 saturated carbocycles. The van der Waals surface area contributed by atoms with Crippen molar-refractivity contribution in [3.8, 4) is 17.0 Å². The zero-order valence-corrected chi connectivity index (χ0v) is 18.9. The van der Waals surface area contributed by atoms with Gasteiger partial charge in [-0.25, -0.2) is 4.79 Å². The highest BCUT2D eigenvalue weighted by Gasteiger charge is 2.49. The lowest BCUT2D eigenvalue weighted by molar-refractivity contribution is -0.275. The van der Waals surface area contributed by atoms with Gasteiger partial charge in [0.2, 0.25) is 0 Å². The zero-order valence-electron chi connectivity index (χ0n) is 18.9. The number of alkyl halides is 2. The minimum atomic E-state index is -3.89. The van der Waals surface area contributed by atoms with Crippen LogP contribution in [0.3, 0.4) is 0 Å². The van der Waals surface area contributed by atoms with Crippen LogP contribution in [0.2, 0.25) is 0 Å². The standard InChI is InChI=1S/C22H25F2N5O5/c1-21(2,32)22(23,24)34-16-7-6-14(15-8-9-27(3)26-15)18-17(16)25-19(33-18)28-10-12-4-5-13(11-28)29(12)20(30)31/h6-9,12-13,32H,4-5,10-11H2,1-3H3,(H,30,31). The minimum Gasteiger partial charge on any atom is -0.465 e. The molecule has 34 heavy (non-hydrogen) atoms. The number of benzene rings is 1. The van der Waals surface area contributed by atoms with Gasteiger partial charge in [-0.2, -0.15) is 18.9 Å². The number of halogens is 2. The molecule has 0 spiro atoms. The summed E-state index contributed by atoms with van der Waals surface area (Å²) in [6, 6.07) is 4.46. The first kappa shape index (κ1) is 22.4. The maximum atomic E-state index is 14.5. The largest absolute Gasteiger partial charge is 0.465 e. The number of piperazine rings is 1. The van der Waals surface area contributed by atoms with E-state index in [9.17, 15) is 23.8 Å². The molecule has 1 amide bonds. The number of carboxylic acid groups (broad SMARTS) is 1. The number of aromatic nitrogens is 3. The van der Waals surface area contributed by atoms with Gasteiger partial charge in [0.1, 0.15) is 0 Å². The maximum Gasteiger partial charge on any atom is 0.426 e. The molecule has 2 N–H and O–H groups in total. The Labute approximate surface area is 193 Å². The van der Waals surface area contributed by atoms with Gasteiger partial charge in [-0.15, -0.1) is 0 Å². The fraction of sp³-hybridized carbons (Fsp3) is 0.500. The van der Waals surface area contributed by atoms with Crippen LogP contribution >= 0.6 is 0 Å². The predicted molar refractivity (Wildman–Crippen MR) is 117 cm³/mol. The number of aryl methyl sites for hydroxylation is 1. The molecule has 2 aromatic heterocycles. The van der Waals surface area contributed by atoms with Crippen LogP contribution in [0, 0.1) is 0 Å². The molecular weight excluding hydrogens is 452 g/mol. The van der Waals surface area contributed by atoms with Crippen molar-refractivity contribution < 1.29 is 32.9 Å². The number of carbonyl (C=O) groups is 1. The maximum absolute atomic E-state index is 14.5. The van der Waals surface area contributed by atoms with E-state index in [4.69, 9.17) is 9.15 Å². The van der Waals surface area contributed by atoms with Crippen molar-refractivity contribution in [1.82, 2.24) is 19.7 Å². The minimum absolute atomic E-state index is 0.0649. The van der Waals surface area contributed by atoms with Crippen LogP contribution < -0.4 is 9.64 Å². The highest BCUT2D eigenvalue weighted by molar-refractivity contribution is 5.94. The summed E-state index contributed by atoms with van der Waals surface area (Å²) in [4.78, 5) is 19.4. The average molecular weight is 477 g/mol. The van der Waals surface area contributed by atoms with Gasteiger partial charge >= 0.3 is 12.2 Å². The summed E-state index contributed by atoms with van der Waals surface area (Å²) >= 11 is 0. The molecule has 0 aliphatic carbocycles. The molecule has 182 valence electrons. The Kier molecular flexibility index (Phi) is 4.97. The van der Waals surface area contributed by atoms with Crippen LogP contribution in [0.5, 0.6) is 5.75 Å². The second-order valence-corrected chi connectivity index (χ2v) is 9.32. The topological polar surface area (TPSA) is 117 Å². The molecule has 0 radical (unpaired) electrons. The second kappa shape index (κ2) is 7.55. The molecule has 2 saturated heterocycles. The number of anilines is 1. The molecule has 2 aliphatic heterocycles. The van der Waals surface area contributed by atoms with Crippen molar-refractivity contribution in [2.75, 3.05) is 18.0 Å². The van der Waals surface area contributed by atoms with E-state index in [2.05, 4.69) is 10.1 Å². The normalized spacial score (nSPS) is 20.9. The van der Waals surface area contributed by atoms with Crippen molar-refractivity contribution in [3.05, 3.63) is 24.4 Å². The lowest BCUT2D eigenvalue weighted by Crippen LogP contribution is -2.55. The first-order valence-electron chi connectivity index (χ1n) is 10.9. The van der Waals surface area contributed by atoms with Crippen LogP contribution in [-0.2, 0) is 7.05 Å². The van der Waals surface area contributed by atoms with E-state index in [1.807, 2.05) is 4.90 Å². The third-order valence-electron chi connectivity index (χ3n) is 6.41. The monoisotopic (exact) mass is 477 g/mol. The summed E-state index contributed by atoms with van der Waals surface area (Å²) in [6.45, 7) is 2.67. The number of aliphatic hydroxyl groups is 1. The molecule has 5 rings (SSSR count). The van der Waals surface area contributed by atoms with Gasteiger partial charge in [-0.3, -0.25) is 9.58 Å². The predicted octanol–water partition coefficient (Wildman–Crippen LogP) is 3.30. The van der Waals surface area contributed by atoms with Gasteiger partial charge in [0.05, 0.1) is 17.8 Å². The van der Waals surface area contributed by atoms with E-state index in [0.717, 1.165) is 26.7 Å². The molecule has 1 aromatic carbocycles. The van der Waals surface area contributed by atoms with Gasteiger partial charge in [0.15, 0.2) is 22.5 Å². The van der Waals surface area contributed by atoms with E-state index < -0.39 is 17.8 Å². The molecule has 3 aromatic rings. The number of rotatable bonds is 5. The molecule has 10 nitrogen and oxygen atoms in total. The summed E-state index contributed by atoms with van der Waals surface area (Å²) in [5.41, 5.74) is -1.05. The third kappa shape index (κ3) is 3.61. The molecule has 2 aliphatic rings. The summed E-state index contributed by atoms with van der Waals surface area (Å²) in [7, 11) is 1.76. The molecule has 2 unspecified atom stereocenters. The molecule has 4 heterocycles. The SMILES string of the molecule is Cn1ccc(-c2ccc(OC(F)(F)C(C)(C)O)c3nc(N4CC5CCC(C4)N5C(=O)O)oc23)n1. The highest BCUT2D eigenvalue weighted by atomic mass is 19.3. The van der Waals surface area contributed by atoms with E-state index in [1.54, 1.807) is 30.1 Å². The summed E-state index contributed by atoms with van der Waals surface area (Å²) in [5, 5.41) is 23.8. The second-order valence-electron chi connectivity index (χ2n) is 9.32. The Morgan fingerprint density at radius 2 is 1.88 bits per heavy atom. The Morgan fingerprint density at radius 3 is 2.44 bits per heavy atom. The van der Waals surface area contributed by atoms with Crippen LogP contribution in [0.1, 0.15) is 26.7 Å².